The van der Waals surface area contributed by atoms with Crippen LogP contribution in [0.15, 0.2) is 60.8 Å². The molecule has 0 radical (unpaired) electrons. The minimum Gasteiger partial charge on any atom is -0.497 e. The molecular formula is C20H18ClN3O2. The van der Waals surface area contributed by atoms with Gasteiger partial charge in [-0.15, -0.1) is 0 Å². The highest BCUT2D eigenvalue weighted by molar-refractivity contribution is 6.31. The zero-order valence-electron chi connectivity index (χ0n) is 14.4. The van der Waals surface area contributed by atoms with Crippen LogP contribution in [0.4, 0.5) is 17.2 Å². The number of methoxy groups -OCH3 is 1. The Hall–Kier alpha value is -3.05. The largest absolute Gasteiger partial charge is 0.497 e. The first-order valence-electron chi connectivity index (χ1n) is 8.00. The molecule has 2 aromatic carbocycles. The molecule has 1 amide bonds. The summed E-state index contributed by atoms with van der Waals surface area (Å²) >= 11 is 6.13. The summed E-state index contributed by atoms with van der Waals surface area (Å²) in [7, 11) is 1.56. The molecule has 0 saturated carbocycles. The van der Waals surface area contributed by atoms with E-state index in [2.05, 4.69) is 15.6 Å². The van der Waals surface area contributed by atoms with Crippen molar-refractivity contribution in [3.8, 4) is 5.75 Å². The third-order valence-electron chi connectivity index (χ3n) is 3.80. The van der Waals surface area contributed by atoms with E-state index in [0.717, 1.165) is 16.9 Å². The summed E-state index contributed by atoms with van der Waals surface area (Å²) in [5.74, 6) is 0.842. The predicted octanol–water partition coefficient (Wildman–Crippen LogP) is 5.05. The van der Waals surface area contributed by atoms with Gasteiger partial charge in [-0.25, -0.2) is 4.98 Å². The zero-order chi connectivity index (χ0) is 18.5. The Morgan fingerprint density at radius 1 is 1.08 bits per heavy atom. The van der Waals surface area contributed by atoms with Crippen molar-refractivity contribution < 1.29 is 9.53 Å². The first-order valence-corrected chi connectivity index (χ1v) is 8.37. The second-order valence-corrected chi connectivity index (χ2v) is 6.11. The zero-order valence-corrected chi connectivity index (χ0v) is 15.2. The molecule has 3 aromatic rings. The van der Waals surface area contributed by atoms with Gasteiger partial charge in [-0.05, 0) is 55.0 Å². The van der Waals surface area contributed by atoms with Crippen molar-refractivity contribution in [2.75, 3.05) is 17.7 Å². The van der Waals surface area contributed by atoms with Crippen LogP contribution in [0.25, 0.3) is 0 Å². The lowest BCUT2D eigenvalue weighted by molar-refractivity contribution is 0.102. The highest BCUT2D eigenvalue weighted by Gasteiger charge is 2.08. The normalized spacial score (nSPS) is 10.3. The maximum Gasteiger partial charge on any atom is 0.256 e. The first kappa shape index (κ1) is 17.8. The van der Waals surface area contributed by atoms with Crippen molar-refractivity contribution in [2.24, 2.45) is 0 Å². The second-order valence-electron chi connectivity index (χ2n) is 5.71. The average molecular weight is 368 g/mol. The van der Waals surface area contributed by atoms with Gasteiger partial charge < -0.3 is 15.4 Å². The van der Waals surface area contributed by atoms with Gasteiger partial charge in [0.25, 0.3) is 5.91 Å². The van der Waals surface area contributed by atoms with Crippen LogP contribution in [0.2, 0.25) is 5.02 Å². The number of hydrogen-bond donors (Lipinski definition) is 2. The van der Waals surface area contributed by atoms with Crippen LogP contribution in [0.3, 0.4) is 0 Å². The number of benzene rings is 2. The van der Waals surface area contributed by atoms with E-state index in [1.807, 2.05) is 31.2 Å². The van der Waals surface area contributed by atoms with Gasteiger partial charge in [-0.2, -0.15) is 0 Å². The number of aryl methyl sites for hydroxylation is 1. The van der Waals surface area contributed by atoms with Crippen molar-refractivity contribution in [3.63, 3.8) is 0 Å². The first-order chi connectivity index (χ1) is 12.5. The number of anilines is 3. The fourth-order valence-corrected chi connectivity index (χ4v) is 2.51. The molecule has 0 atom stereocenters. The topological polar surface area (TPSA) is 63.2 Å². The molecule has 1 heterocycles. The molecule has 0 bridgehead atoms. The van der Waals surface area contributed by atoms with Crippen molar-refractivity contribution in [1.82, 2.24) is 4.98 Å². The number of nitrogens with zero attached hydrogens (tertiary/aromatic N) is 1. The van der Waals surface area contributed by atoms with Crippen molar-refractivity contribution in [1.29, 1.82) is 0 Å². The van der Waals surface area contributed by atoms with E-state index >= 15 is 0 Å². The molecule has 0 spiro atoms. The molecule has 3 rings (SSSR count). The average Bonchev–Trinajstić information content (AvgIpc) is 2.66. The Bertz CT molecular complexity index is 927. The molecule has 0 aliphatic carbocycles. The van der Waals surface area contributed by atoms with E-state index in [0.29, 0.717) is 22.2 Å². The van der Waals surface area contributed by atoms with Gasteiger partial charge >= 0.3 is 0 Å². The maximum absolute atomic E-state index is 12.3. The van der Waals surface area contributed by atoms with Crippen molar-refractivity contribution >= 4 is 34.7 Å². The Morgan fingerprint density at radius 2 is 1.88 bits per heavy atom. The third kappa shape index (κ3) is 4.32. The molecule has 1 aromatic heterocycles. The number of pyridine rings is 1. The fourth-order valence-electron chi connectivity index (χ4n) is 2.33. The number of amides is 1. The molecule has 6 heteroatoms. The fraction of sp³-hybridized carbons (Fsp3) is 0.100. The van der Waals surface area contributed by atoms with Gasteiger partial charge in [-0.3, -0.25) is 4.79 Å². The minimum atomic E-state index is -0.248. The summed E-state index contributed by atoms with van der Waals surface area (Å²) in [4.78, 5) is 16.6. The van der Waals surface area contributed by atoms with Crippen LogP contribution in [0.5, 0.6) is 5.75 Å². The summed E-state index contributed by atoms with van der Waals surface area (Å²) in [5, 5.41) is 6.68. The lowest BCUT2D eigenvalue weighted by Crippen LogP contribution is -2.12. The molecule has 0 unspecified atom stereocenters. The lowest BCUT2D eigenvalue weighted by atomic mass is 10.2. The minimum absolute atomic E-state index is 0.248. The van der Waals surface area contributed by atoms with E-state index in [1.54, 1.807) is 43.6 Å². The highest BCUT2D eigenvalue weighted by Crippen LogP contribution is 2.23. The van der Waals surface area contributed by atoms with Gasteiger partial charge in [0.2, 0.25) is 0 Å². The summed E-state index contributed by atoms with van der Waals surface area (Å²) in [6.45, 7) is 1.95. The van der Waals surface area contributed by atoms with E-state index in [4.69, 9.17) is 16.3 Å². The summed E-state index contributed by atoms with van der Waals surface area (Å²) in [6.07, 6.45) is 1.65. The molecule has 5 nitrogen and oxygen atoms in total. The molecule has 26 heavy (non-hydrogen) atoms. The second kappa shape index (κ2) is 7.89. The molecule has 2 N–H and O–H groups in total. The number of ether oxygens (including phenoxy) is 1. The molecule has 0 saturated heterocycles. The van der Waals surface area contributed by atoms with Crippen LogP contribution >= 0.6 is 11.6 Å². The number of nitrogens with one attached hydrogen (secondary N) is 2. The monoisotopic (exact) mass is 367 g/mol. The standard InChI is InChI=1S/C20H18ClN3O2/c1-13-6-7-15(11-18(13)21)23-16-8-9-19(22-12-16)24-20(25)14-4-3-5-17(10-14)26-2/h3-12,23H,1-2H3,(H,22,24,25). The Balaban J connectivity index is 1.67. The van der Waals surface area contributed by atoms with E-state index < -0.39 is 0 Å². The Kier molecular flexibility index (Phi) is 5.39. The summed E-state index contributed by atoms with van der Waals surface area (Å²) in [6, 6.07) is 16.3. The Morgan fingerprint density at radius 3 is 2.58 bits per heavy atom. The van der Waals surface area contributed by atoms with E-state index in [1.165, 1.54) is 0 Å². The molecule has 132 valence electrons. The third-order valence-corrected chi connectivity index (χ3v) is 4.20. The molecular weight excluding hydrogens is 350 g/mol. The van der Waals surface area contributed by atoms with Gasteiger partial charge in [0.15, 0.2) is 0 Å². The molecule has 0 aliphatic rings. The van der Waals surface area contributed by atoms with Gasteiger partial charge in [0.05, 0.1) is 19.0 Å². The van der Waals surface area contributed by atoms with Crippen LogP contribution in [-0.2, 0) is 0 Å². The van der Waals surface area contributed by atoms with E-state index in [9.17, 15) is 4.79 Å². The highest BCUT2D eigenvalue weighted by atomic mass is 35.5. The number of carbonyl (C=O) groups excluding carboxylic acids is 1. The number of rotatable bonds is 5. The quantitative estimate of drug-likeness (QED) is 0.662. The Labute approximate surface area is 157 Å². The van der Waals surface area contributed by atoms with Crippen LogP contribution in [0, 0.1) is 6.92 Å². The maximum atomic E-state index is 12.3. The van der Waals surface area contributed by atoms with Gasteiger partial charge in [0.1, 0.15) is 11.6 Å². The SMILES string of the molecule is COc1cccc(C(=O)Nc2ccc(Nc3ccc(C)c(Cl)c3)cn2)c1. The number of carbonyl (C=O) groups is 1. The lowest BCUT2D eigenvalue weighted by Gasteiger charge is -2.09. The van der Waals surface area contributed by atoms with Crippen LogP contribution in [0.1, 0.15) is 15.9 Å². The number of aromatic nitrogens is 1. The predicted molar refractivity (Wildman–Crippen MR) is 105 cm³/mol. The number of halogens is 1. The van der Waals surface area contributed by atoms with E-state index in [-0.39, 0.29) is 5.91 Å². The molecule has 0 fully saturated rings. The van der Waals surface area contributed by atoms with Crippen LogP contribution in [-0.4, -0.2) is 18.0 Å². The van der Waals surface area contributed by atoms with Crippen molar-refractivity contribution in [3.05, 3.63) is 76.9 Å². The van der Waals surface area contributed by atoms with Crippen molar-refractivity contribution in [2.45, 2.75) is 6.92 Å². The molecule has 0 aliphatic heterocycles. The van der Waals surface area contributed by atoms with Gasteiger partial charge in [-0.1, -0.05) is 23.7 Å². The smallest absolute Gasteiger partial charge is 0.256 e. The summed E-state index contributed by atoms with van der Waals surface area (Å²) in [5.41, 5.74) is 3.19. The van der Waals surface area contributed by atoms with Gasteiger partial charge in [0, 0.05) is 16.3 Å². The van der Waals surface area contributed by atoms with Crippen LogP contribution < -0.4 is 15.4 Å². The summed E-state index contributed by atoms with van der Waals surface area (Å²) < 4.78 is 5.13. The number of hydrogen-bond acceptors (Lipinski definition) is 4.